The first-order chi connectivity index (χ1) is 12.5. The molecule has 1 aliphatic rings. The number of nitrogens with one attached hydrogen (secondary N) is 2. The molecular weight excluding hydrogens is 336 g/mol. The van der Waals surface area contributed by atoms with Gasteiger partial charge in [0.2, 0.25) is 5.91 Å². The number of pyridine rings is 2. The molecule has 0 radical (unpaired) electrons. The topological polar surface area (TPSA) is 110 Å². The lowest BCUT2D eigenvalue weighted by atomic mass is 10.1. The van der Waals surface area contributed by atoms with Crippen molar-refractivity contribution in [3.8, 4) is 0 Å². The Morgan fingerprint density at radius 1 is 1.12 bits per heavy atom. The highest BCUT2D eigenvalue weighted by molar-refractivity contribution is 6.05. The Morgan fingerprint density at radius 2 is 1.88 bits per heavy atom. The van der Waals surface area contributed by atoms with Gasteiger partial charge in [0.1, 0.15) is 11.6 Å². The summed E-state index contributed by atoms with van der Waals surface area (Å²) >= 11 is 0. The Kier molecular flexibility index (Phi) is 4.92. The van der Waals surface area contributed by atoms with Crippen molar-refractivity contribution in [2.75, 3.05) is 17.7 Å². The van der Waals surface area contributed by atoms with Crippen LogP contribution in [0.5, 0.6) is 0 Å². The smallest absolute Gasteiger partial charge is 0.340 e. The third-order valence-corrected chi connectivity index (χ3v) is 3.92. The highest BCUT2D eigenvalue weighted by Gasteiger charge is 2.29. The standard InChI is InChI=1S/C18H18N4O4/c1-10(23)13-8-16(20-9-14(13)18(25)26-2)21-12-5-6-19-15(7-12)22-17(24)11-3-4-11/h5-9,11H,3-4H2,1-2H3,(H2,19,20,21,22,24). The van der Waals surface area contributed by atoms with Gasteiger partial charge in [-0.05, 0) is 31.9 Å². The summed E-state index contributed by atoms with van der Waals surface area (Å²) in [5.74, 6) is -0.0299. The average Bonchev–Trinajstić information content (AvgIpc) is 3.46. The van der Waals surface area contributed by atoms with E-state index in [1.807, 2.05) is 0 Å². The molecule has 0 unspecified atom stereocenters. The molecular formula is C18H18N4O4. The number of carbonyl (C=O) groups excluding carboxylic acids is 3. The number of anilines is 3. The quantitative estimate of drug-likeness (QED) is 0.606. The molecule has 8 nitrogen and oxygen atoms in total. The second kappa shape index (κ2) is 7.30. The van der Waals surface area contributed by atoms with Gasteiger partial charge in [0.15, 0.2) is 5.78 Å². The van der Waals surface area contributed by atoms with Gasteiger partial charge in [-0.15, -0.1) is 0 Å². The normalized spacial score (nSPS) is 13.0. The van der Waals surface area contributed by atoms with Crippen LogP contribution in [-0.2, 0) is 9.53 Å². The molecule has 1 aliphatic carbocycles. The maximum absolute atomic E-state index is 11.8. The minimum Gasteiger partial charge on any atom is -0.465 e. The van der Waals surface area contributed by atoms with Gasteiger partial charge < -0.3 is 15.4 Å². The average molecular weight is 354 g/mol. The summed E-state index contributed by atoms with van der Waals surface area (Å²) in [6.45, 7) is 1.36. The van der Waals surface area contributed by atoms with Crippen molar-refractivity contribution < 1.29 is 19.1 Å². The van der Waals surface area contributed by atoms with E-state index in [2.05, 4.69) is 25.3 Å². The van der Waals surface area contributed by atoms with Crippen LogP contribution in [0, 0.1) is 5.92 Å². The number of hydrogen-bond donors (Lipinski definition) is 2. The van der Waals surface area contributed by atoms with E-state index in [0.717, 1.165) is 12.8 Å². The van der Waals surface area contributed by atoms with E-state index < -0.39 is 5.97 Å². The second-order valence-corrected chi connectivity index (χ2v) is 5.98. The molecule has 0 atom stereocenters. The fraction of sp³-hybridized carbons (Fsp3) is 0.278. The minimum atomic E-state index is -0.622. The van der Waals surface area contributed by atoms with Gasteiger partial charge in [0.25, 0.3) is 0 Å². The Balaban J connectivity index is 1.80. The van der Waals surface area contributed by atoms with Gasteiger partial charge in [0.05, 0.1) is 12.7 Å². The van der Waals surface area contributed by atoms with Crippen molar-refractivity contribution in [3.63, 3.8) is 0 Å². The molecule has 0 aromatic carbocycles. The molecule has 2 aromatic rings. The summed E-state index contributed by atoms with van der Waals surface area (Å²) < 4.78 is 4.66. The van der Waals surface area contributed by atoms with Gasteiger partial charge in [-0.3, -0.25) is 9.59 Å². The number of esters is 1. The highest BCUT2D eigenvalue weighted by Crippen LogP contribution is 2.30. The maximum atomic E-state index is 11.8. The van der Waals surface area contributed by atoms with E-state index in [0.29, 0.717) is 17.3 Å². The molecule has 0 spiro atoms. The molecule has 2 N–H and O–H groups in total. The molecule has 1 fully saturated rings. The maximum Gasteiger partial charge on any atom is 0.340 e. The van der Waals surface area contributed by atoms with Crippen molar-refractivity contribution in [1.29, 1.82) is 0 Å². The number of carbonyl (C=O) groups is 3. The van der Waals surface area contributed by atoms with Gasteiger partial charge in [-0.2, -0.15) is 0 Å². The Hall–Kier alpha value is -3.29. The minimum absolute atomic E-state index is 0.0333. The van der Waals surface area contributed by atoms with Crippen LogP contribution >= 0.6 is 0 Å². The summed E-state index contributed by atoms with van der Waals surface area (Å²) in [5, 5.41) is 5.80. The van der Waals surface area contributed by atoms with Gasteiger partial charge in [-0.1, -0.05) is 0 Å². The van der Waals surface area contributed by atoms with Crippen LogP contribution < -0.4 is 10.6 Å². The molecule has 2 heterocycles. The molecule has 134 valence electrons. The molecule has 3 rings (SSSR count). The number of ketones is 1. The number of Topliss-reactive ketones (excluding diaryl/α,β-unsaturated/α-hetero) is 1. The van der Waals surface area contributed by atoms with Gasteiger partial charge >= 0.3 is 5.97 Å². The molecule has 1 amide bonds. The largest absolute Gasteiger partial charge is 0.465 e. The second-order valence-electron chi connectivity index (χ2n) is 5.98. The molecule has 1 saturated carbocycles. The summed E-state index contributed by atoms with van der Waals surface area (Å²) in [4.78, 5) is 43.6. The summed E-state index contributed by atoms with van der Waals surface area (Å²) in [7, 11) is 1.24. The molecule has 0 saturated heterocycles. The lowest BCUT2D eigenvalue weighted by Crippen LogP contribution is -2.14. The van der Waals surface area contributed by atoms with Crippen LogP contribution in [-0.4, -0.2) is 34.7 Å². The van der Waals surface area contributed by atoms with Crippen molar-refractivity contribution in [2.45, 2.75) is 19.8 Å². The number of aromatic nitrogens is 2. The zero-order valence-corrected chi connectivity index (χ0v) is 14.4. The lowest BCUT2D eigenvalue weighted by Gasteiger charge is -2.10. The third-order valence-electron chi connectivity index (χ3n) is 3.92. The summed E-state index contributed by atoms with van der Waals surface area (Å²) in [6, 6.07) is 4.86. The van der Waals surface area contributed by atoms with E-state index in [4.69, 9.17) is 0 Å². The van der Waals surface area contributed by atoms with E-state index in [-0.39, 0.29) is 28.7 Å². The van der Waals surface area contributed by atoms with Crippen molar-refractivity contribution in [3.05, 3.63) is 41.7 Å². The number of amides is 1. The molecule has 2 aromatic heterocycles. The Labute approximate surface area is 150 Å². The molecule has 0 bridgehead atoms. The monoisotopic (exact) mass is 354 g/mol. The van der Waals surface area contributed by atoms with Crippen LogP contribution in [0.4, 0.5) is 17.3 Å². The molecule has 26 heavy (non-hydrogen) atoms. The van der Waals surface area contributed by atoms with Crippen molar-refractivity contribution >= 4 is 35.0 Å². The first-order valence-electron chi connectivity index (χ1n) is 8.11. The molecule has 0 aliphatic heterocycles. The van der Waals surface area contributed by atoms with E-state index >= 15 is 0 Å². The number of hydrogen-bond acceptors (Lipinski definition) is 7. The van der Waals surface area contributed by atoms with E-state index in [1.54, 1.807) is 18.3 Å². The first kappa shape index (κ1) is 17.5. The zero-order chi connectivity index (χ0) is 18.7. The van der Waals surface area contributed by atoms with Crippen LogP contribution in [0.15, 0.2) is 30.6 Å². The third kappa shape index (κ3) is 4.02. The predicted octanol–water partition coefficient (Wildman–Crippen LogP) is 2.56. The summed E-state index contributed by atoms with van der Waals surface area (Å²) in [5.41, 5.74) is 0.960. The van der Waals surface area contributed by atoms with E-state index in [1.165, 1.54) is 26.3 Å². The number of rotatable bonds is 6. The van der Waals surface area contributed by atoms with Crippen LogP contribution in [0.1, 0.15) is 40.5 Å². The highest BCUT2D eigenvalue weighted by atomic mass is 16.5. The fourth-order valence-corrected chi connectivity index (χ4v) is 2.39. The number of ether oxygens (including phenoxy) is 1. The van der Waals surface area contributed by atoms with Crippen LogP contribution in [0.25, 0.3) is 0 Å². The van der Waals surface area contributed by atoms with E-state index in [9.17, 15) is 14.4 Å². The van der Waals surface area contributed by atoms with Crippen molar-refractivity contribution in [2.24, 2.45) is 5.92 Å². The summed E-state index contributed by atoms with van der Waals surface area (Å²) in [6.07, 6.45) is 4.67. The Morgan fingerprint density at radius 3 is 2.54 bits per heavy atom. The lowest BCUT2D eigenvalue weighted by molar-refractivity contribution is -0.117. The zero-order valence-electron chi connectivity index (χ0n) is 14.4. The van der Waals surface area contributed by atoms with Crippen molar-refractivity contribution in [1.82, 2.24) is 9.97 Å². The number of nitrogens with zero attached hydrogens (tertiary/aromatic N) is 2. The first-order valence-corrected chi connectivity index (χ1v) is 8.11. The van der Waals surface area contributed by atoms with Crippen LogP contribution in [0.3, 0.4) is 0 Å². The van der Waals surface area contributed by atoms with Crippen LogP contribution in [0.2, 0.25) is 0 Å². The Bertz CT molecular complexity index is 877. The predicted molar refractivity (Wildman–Crippen MR) is 94.5 cm³/mol. The number of methoxy groups -OCH3 is 1. The molecule has 8 heteroatoms. The van der Waals surface area contributed by atoms with Gasteiger partial charge in [-0.25, -0.2) is 14.8 Å². The SMILES string of the molecule is COC(=O)c1cnc(Nc2ccnc(NC(=O)C3CC3)c2)cc1C(C)=O. The van der Waals surface area contributed by atoms with Gasteiger partial charge in [0, 0.05) is 35.6 Å². The fourth-order valence-electron chi connectivity index (χ4n) is 2.39.